The summed E-state index contributed by atoms with van der Waals surface area (Å²) in [6.45, 7) is 8.48. The van der Waals surface area contributed by atoms with Gasteiger partial charge >= 0.3 is 0 Å². The fraction of sp³-hybridized carbons (Fsp3) is 1.00. The van der Waals surface area contributed by atoms with E-state index < -0.39 is 5.60 Å². The van der Waals surface area contributed by atoms with Gasteiger partial charge in [0, 0.05) is 0 Å². The summed E-state index contributed by atoms with van der Waals surface area (Å²) in [5.41, 5.74) is -0.470. The van der Waals surface area contributed by atoms with E-state index in [2.05, 4.69) is 13.8 Å². The molecule has 1 nitrogen and oxygen atoms in total. The Kier molecular flexibility index (Phi) is 10.8. The van der Waals surface area contributed by atoms with Crippen molar-refractivity contribution in [1.29, 1.82) is 0 Å². The first-order chi connectivity index (χ1) is 8.45. The van der Waals surface area contributed by atoms with Crippen LogP contribution >= 0.6 is 0 Å². The monoisotopic (exact) mass is 256 g/mol. The first kappa shape index (κ1) is 18.0. The van der Waals surface area contributed by atoms with Crippen LogP contribution in [-0.4, -0.2) is 10.7 Å². The molecule has 0 amide bonds. The third-order valence-electron chi connectivity index (χ3n) is 3.79. The number of hydrogen-bond acceptors (Lipinski definition) is 1. The van der Waals surface area contributed by atoms with Crippen molar-refractivity contribution in [3.8, 4) is 0 Å². The number of hydrogen-bond donors (Lipinski definition) is 1. The van der Waals surface area contributed by atoms with Gasteiger partial charge in [-0.3, -0.25) is 0 Å². The highest BCUT2D eigenvalue weighted by molar-refractivity contribution is 4.65. The highest BCUT2D eigenvalue weighted by Gasteiger charge is 2.11. The minimum atomic E-state index is -0.470. The molecule has 0 rings (SSSR count). The lowest BCUT2D eigenvalue weighted by atomic mass is 9.94. The molecule has 0 spiro atoms. The summed E-state index contributed by atoms with van der Waals surface area (Å²) in [6, 6.07) is 0. The van der Waals surface area contributed by atoms with Crippen LogP contribution in [0, 0.1) is 5.92 Å². The van der Waals surface area contributed by atoms with Crippen molar-refractivity contribution >= 4 is 0 Å². The predicted molar refractivity (Wildman–Crippen MR) is 81.9 cm³/mol. The Labute approximate surface area is 115 Å². The van der Waals surface area contributed by atoms with Crippen LogP contribution in [0.15, 0.2) is 0 Å². The molecule has 0 bridgehead atoms. The van der Waals surface area contributed by atoms with Gasteiger partial charge in [0.1, 0.15) is 0 Å². The molecule has 1 N–H and O–H groups in total. The summed E-state index contributed by atoms with van der Waals surface area (Å²) >= 11 is 0. The lowest BCUT2D eigenvalue weighted by molar-refractivity contribution is 0.0677. The maximum Gasteiger partial charge on any atom is 0.0591 e. The van der Waals surface area contributed by atoms with Gasteiger partial charge in [-0.25, -0.2) is 0 Å². The molecule has 1 atom stereocenters. The van der Waals surface area contributed by atoms with Gasteiger partial charge in [-0.2, -0.15) is 0 Å². The Morgan fingerprint density at radius 3 is 1.89 bits per heavy atom. The van der Waals surface area contributed by atoms with E-state index in [9.17, 15) is 5.11 Å². The maximum atomic E-state index is 9.63. The van der Waals surface area contributed by atoms with E-state index in [0.29, 0.717) is 0 Å². The third kappa shape index (κ3) is 14.0. The molecule has 0 aromatic carbocycles. The molecule has 0 heterocycles. The second kappa shape index (κ2) is 10.8. The summed E-state index contributed by atoms with van der Waals surface area (Å²) < 4.78 is 0. The molecule has 0 aliphatic heterocycles. The standard InChI is InChI=1S/C17H36O/c1-5-6-7-8-9-10-13-16(2)14-11-12-15-17(3,4)18/h16,18H,5-15H2,1-4H3. The van der Waals surface area contributed by atoms with Crippen molar-refractivity contribution in [2.75, 3.05) is 0 Å². The van der Waals surface area contributed by atoms with Crippen molar-refractivity contribution in [3.05, 3.63) is 0 Å². The minimum Gasteiger partial charge on any atom is -0.390 e. The Morgan fingerprint density at radius 2 is 1.33 bits per heavy atom. The average Bonchev–Trinajstić information content (AvgIpc) is 2.28. The summed E-state index contributed by atoms with van der Waals surface area (Å²) in [4.78, 5) is 0. The fourth-order valence-corrected chi connectivity index (χ4v) is 2.47. The number of unbranched alkanes of at least 4 members (excludes halogenated alkanes) is 6. The SMILES string of the molecule is CCCCCCCCC(C)CCCCC(C)(C)O. The van der Waals surface area contributed by atoms with Gasteiger partial charge in [-0.15, -0.1) is 0 Å². The van der Waals surface area contributed by atoms with Crippen LogP contribution in [0.25, 0.3) is 0 Å². The van der Waals surface area contributed by atoms with E-state index in [1.807, 2.05) is 13.8 Å². The molecule has 0 saturated carbocycles. The van der Waals surface area contributed by atoms with Crippen LogP contribution in [0.4, 0.5) is 0 Å². The van der Waals surface area contributed by atoms with Crippen LogP contribution in [0.1, 0.15) is 98.3 Å². The van der Waals surface area contributed by atoms with Gasteiger partial charge < -0.3 is 5.11 Å². The smallest absolute Gasteiger partial charge is 0.0591 e. The molecule has 0 aromatic heterocycles. The summed E-state index contributed by atoms with van der Waals surface area (Å²) in [5.74, 6) is 0.873. The maximum absolute atomic E-state index is 9.63. The number of aliphatic hydroxyl groups is 1. The lowest BCUT2D eigenvalue weighted by Gasteiger charge is -2.17. The van der Waals surface area contributed by atoms with Crippen LogP contribution in [0.5, 0.6) is 0 Å². The summed E-state index contributed by atoms with van der Waals surface area (Å²) in [7, 11) is 0. The number of rotatable bonds is 12. The fourth-order valence-electron chi connectivity index (χ4n) is 2.47. The highest BCUT2D eigenvalue weighted by atomic mass is 16.3. The Hall–Kier alpha value is -0.0400. The Bertz CT molecular complexity index is 169. The van der Waals surface area contributed by atoms with Crippen LogP contribution < -0.4 is 0 Å². The van der Waals surface area contributed by atoms with Crippen molar-refractivity contribution in [1.82, 2.24) is 0 Å². The normalized spacial score (nSPS) is 13.8. The van der Waals surface area contributed by atoms with E-state index in [-0.39, 0.29) is 0 Å². The van der Waals surface area contributed by atoms with E-state index in [0.717, 1.165) is 12.3 Å². The molecule has 1 unspecified atom stereocenters. The zero-order chi connectivity index (χ0) is 13.9. The van der Waals surface area contributed by atoms with Gasteiger partial charge in [-0.05, 0) is 26.2 Å². The largest absolute Gasteiger partial charge is 0.390 e. The second-order valence-corrected chi connectivity index (χ2v) is 6.72. The van der Waals surface area contributed by atoms with Crippen molar-refractivity contribution < 1.29 is 5.11 Å². The lowest BCUT2D eigenvalue weighted by Crippen LogP contribution is -2.17. The Balaban J connectivity index is 3.25. The predicted octanol–water partition coefficient (Wildman–Crippen LogP) is 5.70. The molecular formula is C17H36O. The van der Waals surface area contributed by atoms with Crippen LogP contribution in [0.2, 0.25) is 0 Å². The van der Waals surface area contributed by atoms with E-state index in [1.54, 1.807) is 0 Å². The molecule has 18 heavy (non-hydrogen) atoms. The molecular weight excluding hydrogens is 220 g/mol. The highest BCUT2D eigenvalue weighted by Crippen LogP contribution is 2.19. The van der Waals surface area contributed by atoms with Gasteiger partial charge in [-0.1, -0.05) is 78.1 Å². The van der Waals surface area contributed by atoms with Crippen molar-refractivity contribution in [3.63, 3.8) is 0 Å². The van der Waals surface area contributed by atoms with Crippen LogP contribution in [0.3, 0.4) is 0 Å². The molecule has 0 saturated heterocycles. The van der Waals surface area contributed by atoms with Gasteiger partial charge in [0.05, 0.1) is 5.60 Å². The van der Waals surface area contributed by atoms with E-state index >= 15 is 0 Å². The molecule has 1 heteroatoms. The molecule has 0 aliphatic rings. The zero-order valence-electron chi connectivity index (χ0n) is 13.3. The van der Waals surface area contributed by atoms with Crippen molar-refractivity contribution in [2.24, 2.45) is 5.92 Å². The van der Waals surface area contributed by atoms with E-state index in [1.165, 1.54) is 64.2 Å². The quantitative estimate of drug-likeness (QED) is 0.444. The molecule has 0 radical (unpaired) electrons. The van der Waals surface area contributed by atoms with E-state index in [4.69, 9.17) is 0 Å². The third-order valence-corrected chi connectivity index (χ3v) is 3.79. The molecule has 0 aromatic rings. The Morgan fingerprint density at radius 1 is 0.833 bits per heavy atom. The van der Waals surface area contributed by atoms with Gasteiger partial charge in [0.2, 0.25) is 0 Å². The summed E-state index contributed by atoms with van der Waals surface area (Å²) in [6.07, 6.45) is 14.6. The average molecular weight is 256 g/mol. The summed E-state index contributed by atoms with van der Waals surface area (Å²) in [5, 5.41) is 9.63. The first-order valence-corrected chi connectivity index (χ1v) is 8.18. The first-order valence-electron chi connectivity index (χ1n) is 8.18. The minimum absolute atomic E-state index is 0.470. The molecule has 0 aliphatic carbocycles. The molecule has 0 fully saturated rings. The van der Waals surface area contributed by atoms with Gasteiger partial charge in [0.15, 0.2) is 0 Å². The van der Waals surface area contributed by atoms with Crippen molar-refractivity contribution in [2.45, 2.75) is 104 Å². The topological polar surface area (TPSA) is 20.2 Å². The zero-order valence-corrected chi connectivity index (χ0v) is 13.3. The second-order valence-electron chi connectivity index (χ2n) is 6.72. The van der Waals surface area contributed by atoms with Gasteiger partial charge in [0.25, 0.3) is 0 Å². The molecule has 110 valence electrons. The van der Waals surface area contributed by atoms with Crippen LogP contribution in [-0.2, 0) is 0 Å².